The molecule has 0 saturated heterocycles. The molecule has 19 heavy (non-hydrogen) atoms. The molecule has 0 aliphatic heterocycles. The first-order valence-corrected chi connectivity index (χ1v) is 5.72. The fourth-order valence-corrected chi connectivity index (χ4v) is 1.63. The average Bonchev–Trinajstić information content (AvgIpc) is 2.37. The van der Waals surface area contributed by atoms with Gasteiger partial charge in [0.05, 0.1) is 11.5 Å². The van der Waals surface area contributed by atoms with Crippen LogP contribution in [0.2, 0.25) is 0 Å². The van der Waals surface area contributed by atoms with Gasteiger partial charge in [-0.15, -0.1) is 0 Å². The van der Waals surface area contributed by atoms with E-state index in [1.165, 1.54) is 13.2 Å². The third kappa shape index (κ3) is 4.01. The highest BCUT2D eigenvalue weighted by Crippen LogP contribution is 2.20. The summed E-state index contributed by atoms with van der Waals surface area (Å²) in [5.74, 6) is -0.354. The maximum Gasteiger partial charge on any atom is 0.272 e. The Labute approximate surface area is 110 Å². The third-order valence-electron chi connectivity index (χ3n) is 2.75. The fraction of sp³-hybridized carbons (Fsp3) is 0.417. The molecule has 0 aliphatic rings. The molecule has 7 nitrogen and oxygen atoms in total. The largest absolute Gasteiger partial charge is 0.383 e. The highest BCUT2D eigenvalue weighted by Gasteiger charge is 2.16. The van der Waals surface area contributed by atoms with Gasteiger partial charge in [-0.25, -0.2) is 0 Å². The smallest absolute Gasteiger partial charge is 0.272 e. The minimum Gasteiger partial charge on any atom is -0.383 e. The van der Waals surface area contributed by atoms with Gasteiger partial charge in [-0.05, 0) is 12.5 Å². The van der Waals surface area contributed by atoms with E-state index in [2.05, 4.69) is 5.32 Å². The molecule has 0 fully saturated rings. The number of methoxy groups -OCH3 is 1. The Balaban J connectivity index is 2.71. The summed E-state index contributed by atoms with van der Waals surface area (Å²) in [5, 5.41) is 13.4. The third-order valence-corrected chi connectivity index (χ3v) is 2.75. The van der Waals surface area contributed by atoms with E-state index in [1.807, 2.05) is 0 Å². The minimum atomic E-state index is -0.746. The molecule has 1 atom stereocenters. The van der Waals surface area contributed by atoms with Gasteiger partial charge in [0.15, 0.2) is 0 Å². The molecular formula is C12H17N3O4. The summed E-state index contributed by atoms with van der Waals surface area (Å²) in [5.41, 5.74) is 6.82. The van der Waals surface area contributed by atoms with Crippen molar-refractivity contribution in [3.8, 4) is 0 Å². The molecule has 0 aromatic heterocycles. The second kappa shape index (κ2) is 6.81. The first-order chi connectivity index (χ1) is 8.97. The molecule has 0 aliphatic carbocycles. The van der Waals surface area contributed by atoms with E-state index in [0.29, 0.717) is 11.1 Å². The summed E-state index contributed by atoms with van der Waals surface area (Å²) < 4.78 is 4.78. The van der Waals surface area contributed by atoms with Crippen molar-refractivity contribution in [2.45, 2.75) is 19.5 Å². The molecule has 1 unspecified atom stereocenters. The summed E-state index contributed by atoms with van der Waals surface area (Å²) in [6.45, 7) is 1.97. The predicted molar refractivity (Wildman–Crippen MR) is 69.5 cm³/mol. The summed E-state index contributed by atoms with van der Waals surface area (Å²) in [7, 11) is 1.46. The highest BCUT2D eigenvalue weighted by molar-refractivity contribution is 5.81. The Morgan fingerprint density at radius 2 is 2.26 bits per heavy atom. The second-order valence-electron chi connectivity index (χ2n) is 4.10. The van der Waals surface area contributed by atoms with Gasteiger partial charge in [-0.3, -0.25) is 14.9 Å². The number of ether oxygens (including phenoxy) is 1. The maximum absolute atomic E-state index is 11.6. The van der Waals surface area contributed by atoms with Crippen LogP contribution in [-0.2, 0) is 16.1 Å². The van der Waals surface area contributed by atoms with Crippen molar-refractivity contribution < 1.29 is 14.5 Å². The Kier molecular flexibility index (Phi) is 5.40. The number of amides is 1. The van der Waals surface area contributed by atoms with E-state index in [0.717, 1.165) is 0 Å². The lowest BCUT2D eigenvalue weighted by molar-refractivity contribution is -0.385. The predicted octanol–water partition coefficient (Wildman–Crippen LogP) is 0.493. The molecule has 7 heteroatoms. The van der Waals surface area contributed by atoms with Crippen molar-refractivity contribution in [2.24, 2.45) is 5.73 Å². The molecule has 0 saturated carbocycles. The summed E-state index contributed by atoms with van der Waals surface area (Å²) in [4.78, 5) is 21.9. The Bertz CT molecular complexity index is 476. The molecule has 1 aromatic carbocycles. The molecule has 0 bridgehead atoms. The van der Waals surface area contributed by atoms with Crippen LogP contribution < -0.4 is 11.1 Å². The number of nitrogens with two attached hydrogens (primary N) is 1. The molecule has 3 N–H and O–H groups in total. The Hall–Kier alpha value is -1.99. The van der Waals surface area contributed by atoms with Crippen molar-refractivity contribution in [1.82, 2.24) is 5.32 Å². The average molecular weight is 267 g/mol. The lowest BCUT2D eigenvalue weighted by atomic mass is 10.1. The topological polar surface area (TPSA) is 107 Å². The van der Waals surface area contributed by atoms with Crippen LogP contribution in [0, 0.1) is 17.0 Å². The minimum absolute atomic E-state index is 0.0351. The number of hydrogen-bond donors (Lipinski definition) is 2. The van der Waals surface area contributed by atoms with Crippen molar-refractivity contribution >= 4 is 11.6 Å². The molecule has 1 amide bonds. The van der Waals surface area contributed by atoms with Gasteiger partial charge >= 0.3 is 0 Å². The number of hydrogen-bond acceptors (Lipinski definition) is 5. The normalized spacial score (nSPS) is 11.9. The monoisotopic (exact) mass is 267 g/mol. The van der Waals surface area contributed by atoms with Gasteiger partial charge in [-0.2, -0.15) is 0 Å². The molecule has 1 rings (SSSR count). The fourth-order valence-electron chi connectivity index (χ4n) is 1.63. The van der Waals surface area contributed by atoms with Crippen LogP contribution in [0.25, 0.3) is 0 Å². The van der Waals surface area contributed by atoms with Crippen LogP contribution in [0.4, 0.5) is 5.69 Å². The van der Waals surface area contributed by atoms with Crippen molar-refractivity contribution in [2.75, 3.05) is 13.7 Å². The van der Waals surface area contributed by atoms with Gasteiger partial charge in [0.2, 0.25) is 5.91 Å². The summed E-state index contributed by atoms with van der Waals surface area (Å²) in [6, 6.07) is 3.99. The van der Waals surface area contributed by atoms with E-state index in [9.17, 15) is 14.9 Å². The zero-order chi connectivity index (χ0) is 14.4. The SMILES string of the molecule is COCC(N)C(=O)NCc1cccc([N+](=O)[O-])c1C. The number of carbonyl (C=O) groups is 1. The molecular weight excluding hydrogens is 250 g/mol. The highest BCUT2D eigenvalue weighted by atomic mass is 16.6. The molecule has 0 spiro atoms. The van der Waals surface area contributed by atoms with E-state index < -0.39 is 11.0 Å². The standard InChI is InChI=1S/C12H17N3O4/c1-8-9(4-3-5-11(8)15(17)18)6-14-12(16)10(13)7-19-2/h3-5,10H,6-7,13H2,1-2H3,(H,14,16). The number of nitro groups is 1. The van der Waals surface area contributed by atoms with Gasteiger partial charge in [0.1, 0.15) is 6.04 Å². The van der Waals surface area contributed by atoms with Gasteiger partial charge in [0, 0.05) is 25.3 Å². The van der Waals surface area contributed by atoms with Crippen molar-refractivity contribution in [3.63, 3.8) is 0 Å². The summed E-state index contributed by atoms with van der Waals surface area (Å²) >= 11 is 0. The number of nitrogens with one attached hydrogen (secondary N) is 1. The second-order valence-corrected chi connectivity index (χ2v) is 4.10. The molecule has 0 heterocycles. The number of rotatable bonds is 6. The zero-order valence-electron chi connectivity index (χ0n) is 10.9. The van der Waals surface area contributed by atoms with Crippen LogP contribution in [-0.4, -0.2) is 30.6 Å². The van der Waals surface area contributed by atoms with Gasteiger partial charge in [-0.1, -0.05) is 12.1 Å². The quantitative estimate of drug-likeness (QED) is 0.576. The maximum atomic E-state index is 11.6. The lowest BCUT2D eigenvalue weighted by Gasteiger charge is -2.12. The van der Waals surface area contributed by atoms with Crippen LogP contribution in [0.15, 0.2) is 18.2 Å². The Morgan fingerprint density at radius 3 is 2.84 bits per heavy atom. The van der Waals surface area contributed by atoms with Crippen LogP contribution in [0.1, 0.15) is 11.1 Å². The molecule has 1 aromatic rings. The van der Waals surface area contributed by atoms with Crippen molar-refractivity contribution in [1.29, 1.82) is 0 Å². The first-order valence-electron chi connectivity index (χ1n) is 5.72. The molecule has 104 valence electrons. The summed E-state index contributed by atoms with van der Waals surface area (Å²) in [6.07, 6.45) is 0. The van der Waals surface area contributed by atoms with E-state index in [4.69, 9.17) is 10.5 Å². The number of nitrogens with zero attached hydrogens (tertiary/aromatic N) is 1. The lowest BCUT2D eigenvalue weighted by Crippen LogP contribution is -2.43. The van der Waals surface area contributed by atoms with Gasteiger partial charge in [0.25, 0.3) is 5.69 Å². The zero-order valence-corrected chi connectivity index (χ0v) is 10.9. The van der Waals surface area contributed by atoms with Gasteiger partial charge < -0.3 is 15.8 Å². The number of nitro benzene ring substituents is 1. The first kappa shape index (κ1) is 15.1. The van der Waals surface area contributed by atoms with Crippen LogP contribution in [0.3, 0.4) is 0 Å². The number of carbonyl (C=O) groups excluding carboxylic acids is 1. The van der Waals surface area contributed by atoms with Crippen molar-refractivity contribution in [3.05, 3.63) is 39.4 Å². The van der Waals surface area contributed by atoms with E-state index in [1.54, 1.807) is 19.1 Å². The van der Waals surface area contributed by atoms with Crippen LogP contribution in [0.5, 0.6) is 0 Å². The van der Waals surface area contributed by atoms with E-state index in [-0.39, 0.29) is 24.7 Å². The van der Waals surface area contributed by atoms with E-state index >= 15 is 0 Å². The Morgan fingerprint density at radius 1 is 1.58 bits per heavy atom. The molecule has 0 radical (unpaired) electrons. The number of benzene rings is 1. The van der Waals surface area contributed by atoms with Crippen LogP contribution >= 0.6 is 0 Å².